The molecule has 0 aliphatic heterocycles. The lowest BCUT2D eigenvalue weighted by atomic mass is 10.2. The van der Waals surface area contributed by atoms with Crippen molar-refractivity contribution in [3.8, 4) is 11.8 Å². The topological polar surface area (TPSA) is 30.0 Å². The zero-order chi connectivity index (χ0) is 9.52. The Bertz CT molecular complexity index is 334. The Labute approximate surface area is 82.8 Å². The number of aldehydes is 1. The summed E-state index contributed by atoms with van der Waals surface area (Å²) in [7, 11) is 0. The Balaban J connectivity index is 2.71. The van der Waals surface area contributed by atoms with Gasteiger partial charge in [0.15, 0.2) is 6.29 Å². The van der Waals surface area contributed by atoms with Crippen LogP contribution in [0.2, 0.25) is 0 Å². The minimum absolute atomic E-state index is 0.569. The van der Waals surface area contributed by atoms with Gasteiger partial charge in [-0.15, -0.1) is 0 Å². The van der Waals surface area contributed by atoms with Crippen LogP contribution in [0.3, 0.4) is 0 Å². The van der Waals surface area contributed by atoms with E-state index in [1.54, 1.807) is 12.1 Å². The van der Waals surface area contributed by atoms with Gasteiger partial charge in [-0.2, -0.15) is 12.6 Å². The number of aromatic nitrogens is 1. The summed E-state index contributed by atoms with van der Waals surface area (Å²) < 4.78 is 0. The van der Waals surface area contributed by atoms with Crippen LogP contribution in [0.4, 0.5) is 0 Å². The summed E-state index contributed by atoms with van der Waals surface area (Å²) >= 11 is 4.03. The molecular formula is C10H9NOS. The zero-order valence-corrected chi connectivity index (χ0v) is 7.92. The number of nitrogens with zero attached hydrogens (tertiary/aromatic N) is 1. The fraction of sp³-hybridized carbons (Fsp3) is 0.200. The summed E-state index contributed by atoms with van der Waals surface area (Å²) in [6, 6.07) is 3.43. The first-order chi connectivity index (χ1) is 6.36. The summed E-state index contributed by atoms with van der Waals surface area (Å²) in [5, 5.41) is 0. The molecule has 0 saturated heterocycles. The summed E-state index contributed by atoms with van der Waals surface area (Å²) in [6.45, 7) is 0. The van der Waals surface area contributed by atoms with Gasteiger partial charge in [-0.3, -0.25) is 4.79 Å². The van der Waals surface area contributed by atoms with Crippen molar-refractivity contribution in [2.75, 3.05) is 5.75 Å². The second kappa shape index (κ2) is 5.39. The average molecular weight is 191 g/mol. The molecule has 1 aromatic heterocycles. The van der Waals surface area contributed by atoms with Gasteiger partial charge in [0.2, 0.25) is 0 Å². The molecule has 0 saturated carbocycles. The van der Waals surface area contributed by atoms with Gasteiger partial charge in [-0.25, -0.2) is 4.98 Å². The van der Waals surface area contributed by atoms with Crippen molar-refractivity contribution in [2.24, 2.45) is 0 Å². The highest BCUT2D eigenvalue weighted by atomic mass is 32.1. The van der Waals surface area contributed by atoms with Crippen LogP contribution >= 0.6 is 12.6 Å². The Hall–Kier alpha value is -1.27. The summed E-state index contributed by atoms with van der Waals surface area (Å²) in [6.07, 6.45) is 3.02. The maximum atomic E-state index is 10.3. The highest BCUT2D eigenvalue weighted by Gasteiger charge is 1.89. The van der Waals surface area contributed by atoms with Crippen molar-refractivity contribution in [1.82, 2.24) is 4.98 Å². The molecule has 0 unspecified atom stereocenters. The maximum absolute atomic E-state index is 10.3. The second-order valence-corrected chi connectivity index (χ2v) is 2.82. The predicted octanol–water partition coefficient (Wildman–Crippen LogP) is 1.57. The molecule has 1 aromatic rings. The van der Waals surface area contributed by atoms with Crippen LogP contribution in [0.5, 0.6) is 0 Å². The first kappa shape index (κ1) is 9.82. The first-order valence-corrected chi connectivity index (χ1v) is 4.51. The van der Waals surface area contributed by atoms with E-state index in [0.29, 0.717) is 11.3 Å². The largest absolute Gasteiger partial charge is 0.298 e. The van der Waals surface area contributed by atoms with E-state index in [4.69, 9.17) is 0 Å². The highest BCUT2D eigenvalue weighted by molar-refractivity contribution is 7.80. The number of thiol groups is 1. The van der Waals surface area contributed by atoms with Crippen molar-refractivity contribution in [2.45, 2.75) is 6.42 Å². The summed E-state index contributed by atoms with van der Waals surface area (Å²) in [5.74, 6) is 6.53. The fourth-order valence-corrected chi connectivity index (χ4v) is 0.870. The molecule has 0 aliphatic rings. The number of carbonyl (C=O) groups excluding carboxylic acids is 1. The quantitative estimate of drug-likeness (QED) is 0.437. The van der Waals surface area contributed by atoms with Gasteiger partial charge in [-0.05, 0) is 18.1 Å². The normalized spacial score (nSPS) is 8.69. The Morgan fingerprint density at radius 1 is 1.54 bits per heavy atom. The van der Waals surface area contributed by atoms with Crippen LogP contribution in [0.25, 0.3) is 0 Å². The molecule has 2 nitrogen and oxygen atoms in total. The van der Waals surface area contributed by atoms with E-state index >= 15 is 0 Å². The molecule has 13 heavy (non-hydrogen) atoms. The Kier molecular flexibility index (Phi) is 4.07. The molecule has 0 aromatic carbocycles. The lowest BCUT2D eigenvalue weighted by molar-refractivity contribution is 0.112. The second-order valence-electron chi connectivity index (χ2n) is 2.37. The van der Waals surface area contributed by atoms with E-state index in [-0.39, 0.29) is 0 Å². The molecule has 3 heteroatoms. The maximum Gasteiger partial charge on any atom is 0.151 e. The Morgan fingerprint density at radius 2 is 2.38 bits per heavy atom. The van der Waals surface area contributed by atoms with Gasteiger partial charge < -0.3 is 0 Å². The van der Waals surface area contributed by atoms with E-state index in [0.717, 1.165) is 18.5 Å². The molecule has 66 valence electrons. The van der Waals surface area contributed by atoms with Crippen LogP contribution in [-0.4, -0.2) is 17.0 Å². The minimum atomic E-state index is 0.569. The molecular weight excluding hydrogens is 182 g/mol. The van der Waals surface area contributed by atoms with Crippen LogP contribution in [-0.2, 0) is 0 Å². The third-order valence-corrected chi connectivity index (χ3v) is 1.60. The van der Waals surface area contributed by atoms with Gasteiger partial charge in [-0.1, -0.05) is 5.92 Å². The average Bonchev–Trinajstić information content (AvgIpc) is 2.19. The number of rotatable bonds is 2. The fourth-order valence-electron chi connectivity index (χ4n) is 0.758. The van der Waals surface area contributed by atoms with Crippen molar-refractivity contribution in [3.63, 3.8) is 0 Å². The highest BCUT2D eigenvalue weighted by Crippen LogP contribution is 1.95. The molecule has 0 atom stereocenters. The Morgan fingerprint density at radius 3 is 2.92 bits per heavy atom. The van der Waals surface area contributed by atoms with Crippen LogP contribution in [0.1, 0.15) is 22.5 Å². The smallest absolute Gasteiger partial charge is 0.151 e. The van der Waals surface area contributed by atoms with E-state index < -0.39 is 0 Å². The first-order valence-electron chi connectivity index (χ1n) is 3.88. The number of hydrogen-bond donors (Lipinski definition) is 1. The third-order valence-electron chi connectivity index (χ3n) is 1.38. The summed E-state index contributed by atoms with van der Waals surface area (Å²) in [4.78, 5) is 14.3. The van der Waals surface area contributed by atoms with E-state index in [9.17, 15) is 4.79 Å². The molecule has 0 fully saturated rings. The van der Waals surface area contributed by atoms with Crippen molar-refractivity contribution < 1.29 is 4.79 Å². The number of pyridine rings is 1. The molecule has 0 N–H and O–H groups in total. The molecule has 0 aliphatic carbocycles. The molecule has 0 bridgehead atoms. The van der Waals surface area contributed by atoms with Crippen molar-refractivity contribution in [3.05, 3.63) is 29.6 Å². The molecule has 0 radical (unpaired) electrons. The lowest BCUT2D eigenvalue weighted by Crippen LogP contribution is -1.85. The zero-order valence-electron chi connectivity index (χ0n) is 7.03. The lowest BCUT2D eigenvalue weighted by Gasteiger charge is -1.89. The molecule has 1 rings (SSSR count). The molecule has 1 heterocycles. The van der Waals surface area contributed by atoms with Crippen molar-refractivity contribution in [1.29, 1.82) is 0 Å². The molecule has 0 spiro atoms. The number of hydrogen-bond acceptors (Lipinski definition) is 3. The minimum Gasteiger partial charge on any atom is -0.298 e. The van der Waals surface area contributed by atoms with Crippen molar-refractivity contribution >= 4 is 18.9 Å². The van der Waals surface area contributed by atoms with E-state index in [1.165, 1.54) is 6.20 Å². The SMILES string of the molecule is O=Cc1ccc(C#CCCS)nc1. The number of carbonyl (C=O) groups is 1. The van der Waals surface area contributed by atoms with Gasteiger partial charge in [0.1, 0.15) is 5.69 Å². The van der Waals surface area contributed by atoms with Gasteiger partial charge >= 0.3 is 0 Å². The van der Waals surface area contributed by atoms with Crippen LogP contribution < -0.4 is 0 Å². The standard InChI is InChI=1S/C10H9NOS/c12-8-9-4-5-10(11-7-9)3-1-2-6-13/h4-5,7-8,13H,2,6H2. The van der Waals surface area contributed by atoms with Crippen LogP contribution in [0, 0.1) is 11.8 Å². The van der Waals surface area contributed by atoms with Gasteiger partial charge in [0.25, 0.3) is 0 Å². The molecule has 0 amide bonds. The monoisotopic (exact) mass is 191 g/mol. The van der Waals surface area contributed by atoms with Gasteiger partial charge in [0.05, 0.1) is 0 Å². The third kappa shape index (κ3) is 3.30. The predicted molar refractivity (Wildman–Crippen MR) is 55.0 cm³/mol. The summed E-state index contributed by atoms with van der Waals surface area (Å²) in [5.41, 5.74) is 1.26. The van der Waals surface area contributed by atoms with Gasteiger partial charge in [0, 0.05) is 23.9 Å². The van der Waals surface area contributed by atoms with E-state index in [1.807, 2.05) is 0 Å². The van der Waals surface area contributed by atoms with E-state index in [2.05, 4.69) is 29.5 Å². The van der Waals surface area contributed by atoms with Crippen LogP contribution in [0.15, 0.2) is 18.3 Å².